The van der Waals surface area contributed by atoms with Gasteiger partial charge in [-0.25, -0.2) is 0 Å². The summed E-state index contributed by atoms with van der Waals surface area (Å²) in [5.41, 5.74) is -0.868. The Balaban J connectivity index is 2.52. The Labute approximate surface area is 107 Å². The van der Waals surface area contributed by atoms with Gasteiger partial charge in [-0.15, -0.1) is 0 Å². The molecule has 6 heteroatoms. The molecule has 0 aromatic rings. The summed E-state index contributed by atoms with van der Waals surface area (Å²) < 4.78 is 5.18. The lowest BCUT2D eigenvalue weighted by molar-refractivity contribution is -0.154. The highest BCUT2D eigenvalue weighted by Crippen LogP contribution is 2.30. The van der Waals surface area contributed by atoms with Crippen LogP contribution in [0.1, 0.15) is 19.8 Å². The molecule has 0 aromatic heterocycles. The number of ether oxygens (including phenoxy) is 1. The van der Waals surface area contributed by atoms with Crippen LogP contribution < -0.4 is 10.6 Å². The van der Waals surface area contributed by atoms with Gasteiger partial charge in [0.05, 0.1) is 5.41 Å². The van der Waals surface area contributed by atoms with Crippen LogP contribution in [0.3, 0.4) is 0 Å². The summed E-state index contributed by atoms with van der Waals surface area (Å²) in [5.74, 6) is -1.13. The van der Waals surface area contributed by atoms with Gasteiger partial charge < -0.3 is 20.5 Å². The minimum absolute atomic E-state index is 0.114. The van der Waals surface area contributed by atoms with E-state index in [0.29, 0.717) is 32.6 Å². The maximum Gasteiger partial charge on any atom is 0.311 e. The van der Waals surface area contributed by atoms with Crippen LogP contribution in [-0.2, 0) is 14.3 Å². The van der Waals surface area contributed by atoms with Crippen LogP contribution in [0, 0.1) is 11.3 Å². The van der Waals surface area contributed by atoms with Gasteiger partial charge in [0, 0.05) is 32.2 Å². The minimum atomic E-state index is -0.868. The number of carboxylic acids is 1. The second-order valence-electron chi connectivity index (χ2n) is 4.87. The normalized spacial score (nSPS) is 20.1. The molecule has 104 valence electrons. The first kappa shape index (κ1) is 14.9. The predicted octanol–water partition coefficient (Wildman–Crippen LogP) is -0.160. The van der Waals surface area contributed by atoms with Gasteiger partial charge in [0.2, 0.25) is 5.91 Å². The number of hydrogen-bond donors (Lipinski definition) is 3. The molecule has 1 aliphatic rings. The Morgan fingerprint density at radius 2 is 2.00 bits per heavy atom. The maximum atomic E-state index is 11.8. The molecule has 1 fully saturated rings. The number of nitrogens with one attached hydrogen (secondary N) is 2. The molecule has 1 unspecified atom stereocenters. The highest BCUT2D eigenvalue weighted by molar-refractivity contribution is 5.80. The van der Waals surface area contributed by atoms with Crippen molar-refractivity contribution in [2.24, 2.45) is 11.3 Å². The van der Waals surface area contributed by atoms with E-state index < -0.39 is 11.4 Å². The van der Waals surface area contributed by atoms with Gasteiger partial charge in [-0.3, -0.25) is 9.59 Å². The third-order valence-electron chi connectivity index (χ3n) is 3.46. The van der Waals surface area contributed by atoms with Crippen molar-refractivity contribution in [1.29, 1.82) is 0 Å². The largest absolute Gasteiger partial charge is 0.481 e. The van der Waals surface area contributed by atoms with Gasteiger partial charge in [-0.2, -0.15) is 0 Å². The van der Waals surface area contributed by atoms with Crippen LogP contribution in [0.4, 0.5) is 0 Å². The molecule has 18 heavy (non-hydrogen) atoms. The third kappa shape index (κ3) is 3.68. The van der Waals surface area contributed by atoms with Crippen molar-refractivity contribution >= 4 is 11.9 Å². The number of carbonyl (C=O) groups excluding carboxylic acids is 1. The zero-order valence-corrected chi connectivity index (χ0v) is 11.0. The molecule has 3 N–H and O–H groups in total. The smallest absolute Gasteiger partial charge is 0.311 e. The van der Waals surface area contributed by atoms with Gasteiger partial charge >= 0.3 is 5.97 Å². The SMILES string of the molecule is CNCC(C)C(=O)NCC1(C(=O)O)CCOCC1. The van der Waals surface area contributed by atoms with Crippen molar-refractivity contribution in [2.45, 2.75) is 19.8 Å². The number of carbonyl (C=O) groups is 2. The number of aliphatic carboxylic acids is 1. The Hall–Kier alpha value is -1.14. The van der Waals surface area contributed by atoms with Gasteiger partial charge in [-0.05, 0) is 19.9 Å². The second-order valence-corrected chi connectivity index (χ2v) is 4.87. The van der Waals surface area contributed by atoms with E-state index in [4.69, 9.17) is 4.74 Å². The van der Waals surface area contributed by atoms with Crippen molar-refractivity contribution in [3.05, 3.63) is 0 Å². The molecule has 1 amide bonds. The second kappa shape index (κ2) is 6.70. The van der Waals surface area contributed by atoms with Crippen molar-refractivity contribution in [3.8, 4) is 0 Å². The quantitative estimate of drug-likeness (QED) is 0.616. The third-order valence-corrected chi connectivity index (χ3v) is 3.46. The number of carboxylic acid groups (broad SMARTS) is 1. The van der Waals surface area contributed by atoms with Crippen molar-refractivity contribution in [1.82, 2.24) is 10.6 Å². The van der Waals surface area contributed by atoms with E-state index in [1.807, 2.05) is 6.92 Å². The first-order valence-electron chi connectivity index (χ1n) is 6.25. The van der Waals surface area contributed by atoms with Crippen LogP contribution in [-0.4, -0.2) is 50.3 Å². The van der Waals surface area contributed by atoms with E-state index in [9.17, 15) is 14.7 Å². The topological polar surface area (TPSA) is 87.7 Å². The molecule has 0 radical (unpaired) electrons. The van der Waals surface area contributed by atoms with Crippen LogP contribution in [0.5, 0.6) is 0 Å². The summed E-state index contributed by atoms with van der Waals surface area (Å²) in [4.78, 5) is 23.1. The van der Waals surface area contributed by atoms with Crippen LogP contribution in [0.25, 0.3) is 0 Å². The standard InChI is InChI=1S/C12H22N2O4/c1-9(7-13-2)10(15)14-8-12(11(16)17)3-5-18-6-4-12/h9,13H,3-8H2,1-2H3,(H,14,15)(H,16,17). The van der Waals surface area contributed by atoms with Crippen molar-refractivity contribution in [3.63, 3.8) is 0 Å². The summed E-state index contributed by atoms with van der Waals surface area (Å²) in [5, 5.41) is 15.0. The number of rotatable bonds is 6. The molecular weight excluding hydrogens is 236 g/mol. The average molecular weight is 258 g/mol. The Morgan fingerprint density at radius 1 is 1.39 bits per heavy atom. The summed E-state index contributed by atoms with van der Waals surface area (Å²) in [7, 11) is 1.78. The zero-order chi connectivity index (χ0) is 13.6. The Kier molecular flexibility index (Phi) is 5.55. The minimum Gasteiger partial charge on any atom is -0.481 e. The van der Waals surface area contributed by atoms with Crippen molar-refractivity contribution < 1.29 is 19.4 Å². The lowest BCUT2D eigenvalue weighted by atomic mass is 9.80. The predicted molar refractivity (Wildman–Crippen MR) is 66.2 cm³/mol. The van der Waals surface area contributed by atoms with E-state index >= 15 is 0 Å². The van der Waals surface area contributed by atoms with Gasteiger partial charge in [0.25, 0.3) is 0 Å². The Bertz CT molecular complexity index is 300. The molecule has 0 bridgehead atoms. The van der Waals surface area contributed by atoms with Gasteiger partial charge in [0.15, 0.2) is 0 Å². The van der Waals surface area contributed by atoms with Crippen LogP contribution in [0.15, 0.2) is 0 Å². The highest BCUT2D eigenvalue weighted by Gasteiger charge is 2.40. The zero-order valence-electron chi connectivity index (χ0n) is 11.0. The lowest BCUT2D eigenvalue weighted by Gasteiger charge is -2.33. The molecule has 1 aliphatic heterocycles. The fraction of sp³-hybridized carbons (Fsp3) is 0.833. The summed E-state index contributed by atoms with van der Waals surface area (Å²) in [6, 6.07) is 0. The molecular formula is C12H22N2O4. The fourth-order valence-electron chi connectivity index (χ4n) is 2.06. The van der Waals surface area contributed by atoms with Crippen LogP contribution in [0.2, 0.25) is 0 Å². The van der Waals surface area contributed by atoms with E-state index in [1.54, 1.807) is 7.05 Å². The van der Waals surface area contributed by atoms with E-state index in [-0.39, 0.29) is 18.4 Å². The molecule has 1 atom stereocenters. The summed E-state index contributed by atoms with van der Waals surface area (Å²) in [6.45, 7) is 3.44. The molecule has 6 nitrogen and oxygen atoms in total. The average Bonchev–Trinajstić information content (AvgIpc) is 2.37. The number of amides is 1. The lowest BCUT2D eigenvalue weighted by Crippen LogP contribution is -2.48. The monoisotopic (exact) mass is 258 g/mol. The van der Waals surface area contributed by atoms with E-state index in [1.165, 1.54) is 0 Å². The van der Waals surface area contributed by atoms with E-state index in [2.05, 4.69) is 10.6 Å². The maximum absolute atomic E-state index is 11.8. The molecule has 1 heterocycles. The van der Waals surface area contributed by atoms with Crippen LogP contribution >= 0.6 is 0 Å². The first-order valence-corrected chi connectivity index (χ1v) is 6.25. The van der Waals surface area contributed by atoms with Gasteiger partial charge in [0.1, 0.15) is 0 Å². The first-order chi connectivity index (χ1) is 8.52. The fourth-order valence-corrected chi connectivity index (χ4v) is 2.06. The van der Waals surface area contributed by atoms with E-state index in [0.717, 1.165) is 0 Å². The summed E-state index contributed by atoms with van der Waals surface area (Å²) >= 11 is 0. The highest BCUT2D eigenvalue weighted by atomic mass is 16.5. The summed E-state index contributed by atoms with van der Waals surface area (Å²) in [6.07, 6.45) is 0.895. The number of hydrogen-bond acceptors (Lipinski definition) is 4. The molecule has 1 saturated heterocycles. The molecule has 0 saturated carbocycles. The van der Waals surface area contributed by atoms with Gasteiger partial charge in [-0.1, -0.05) is 6.92 Å². The molecule has 1 rings (SSSR count). The molecule has 0 aliphatic carbocycles. The Morgan fingerprint density at radius 3 is 2.50 bits per heavy atom. The molecule has 0 spiro atoms. The molecule has 0 aromatic carbocycles. The van der Waals surface area contributed by atoms with Crippen molar-refractivity contribution in [2.75, 3.05) is 33.4 Å².